The summed E-state index contributed by atoms with van der Waals surface area (Å²) in [6.07, 6.45) is 4.17. The summed E-state index contributed by atoms with van der Waals surface area (Å²) >= 11 is 6.16. The van der Waals surface area contributed by atoms with Gasteiger partial charge in [0.05, 0.1) is 0 Å². The third-order valence-corrected chi connectivity index (χ3v) is 5.89. The molecule has 0 saturated heterocycles. The molecule has 0 fully saturated rings. The van der Waals surface area contributed by atoms with Gasteiger partial charge >= 0.3 is 0 Å². The number of unbranched alkanes of at least 4 members (excludes halogenated alkanes) is 1. The second-order valence-corrected chi connectivity index (χ2v) is 8.05. The molecule has 4 nitrogen and oxygen atoms in total. The summed E-state index contributed by atoms with van der Waals surface area (Å²) in [7, 11) is 0. The number of ketones is 1. The van der Waals surface area contributed by atoms with Gasteiger partial charge in [-0.25, -0.2) is 0 Å². The first-order valence-electron chi connectivity index (χ1n) is 10.4. The number of hydrogen-bond acceptors (Lipinski definition) is 3. The monoisotopic (exact) mass is 412 g/mol. The zero-order valence-electron chi connectivity index (χ0n) is 17.0. The fourth-order valence-corrected chi connectivity index (χ4v) is 3.96. The van der Waals surface area contributed by atoms with Crippen LogP contribution in [0.15, 0.2) is 42.5 Å². The maximum atomic E-state index is 12.5. The minimum atomic E-state index is 0.0921. The summed E-state index contributed by atoms with van der Waals surface area (Å²) in [6.45, 7) is 4.76. The highest BCUT2D eigenvalue weighted by Gasteiger charge is 2.19. The van der Waals surface area contributed by atoms with E-state index in [-0.39, 0.29) is 11.7 Å². The van der Waals surface area contributed by atoms with E-state index in [0.29, 0.717) is 13.0 Å². The molecular formula is C24H29ClN2O2. The molecule has 29 heavy (non-hydrogen) atoms. The van der Waals surface area contributed by atoms with Crippen molar-refractivity contribution in [3.05, 3.63) is 69.7 Å². The minimum absolute atomic E-state index is 0.0921. The average molecular weight is 413 g/mol. The summed E-state index contributed by atoms with van der Waals surface area (Å²) < 4.78 is 0. The lowest BCUT2D eigenvalue weighted by molar-refractivity contribution is -0.129. The highest BCUT2D eigenvalue weighted by Crippen LogP contribution is 2.21. The lowest BCUT2D eigenvalue weighted by Gasteiger charge is -2.28. The van der Waals surface area contributed by atoms with Crippen molar-refractivity contribution in [1.82, 2.24) is 10.2 Å². The number of Topliss-reactive ketones (excluding diaryl/α,β-unsaturated/α-hetero) is 1. The number of carbonyl (C=O) groups is 2. The summed E-state index contributed by atoms with van der Waals surface area (Å²) in [5, 5.41) is 4.24. The van der Waals surface area contributed by atoms with Gasteiger partial charge in [0, 0.05) is 37.0 Å². The number of nitrogens with one attached hydrogen (secondary N) is 1. The van der Waals surface area contributed by atoms with E-state index in [1.165, 1.54) is 5.56 Å². The van der Waals surface area contributed by atoms with E-state index in [0.717, 1.165) is 67.0 Å². The topological polar surface area (TPSA) is 49.4 Å². The van der Waals surface area contributed by atoms with Crippen LogP contribution in [0.25, 0.3) is 0 Å². The third-order valence-electron chi connectivity index (χ3n) is 5.52. The Kier molecular flexibility index (Phi) is 7.84. The molecule has 0 aliphatic carbocycles. The van der Waals surface area contributed by atoms with E-state index in [9.17, 15) is 9.59 Å². The molecule has 0 unspecified atom stereocenters. The number of rotatable bonds is 9. The van der Waals surface area contributed by atoms with Crippen molar-refractivity contribution < 1.29 is 9.59 Å². The minimum Gasteiger partial charge on any atom is -0.338 e. The fourth-order valence-electron chi connectivity index (χ4n) is 3.73. The number of carbonyl (C=O) groups excluding carboxylic acids is 2. The van der Waals surface area contributed by atoms with Gasteiger partial charge in [0.1, 0.15) is 0 Å². The van der Waals surface area contributed by atoms with Gasteiger partial charge in [0.15, 0.2) is 5.78 Å². The first kappa shape index (κ1) is 21.5. The van der Waals surface area contributed by atoms with Crippen molar-refractivity contribution in [2.24, 2.45) is 0 Å². The summed E-state index contributed by atoms with van der Waals surface area (Å²) in [6, 6.07) is 13.9. The van der Waals surface area contributed by atoms with Crippen LogP contribution in [0.2, 0.25) is 5.02 Å². The molecule has 3 rings (SSSR count). The number of nitrogens with zero attached hydrogens (tertiary/aromatic N) is 1. The van der Waals surface area contributed by atoms with Crippen LogP contribution in [0.3, 0.4) is 0 Å². The molecule has 1 N–H and O–H groups in total. The smallest absolute Gasteiger partial charge is 0.219 e. The molecule has 1 amide bonds. The first-order chi connectivity index (χ1) is 14.0. The third kappa shape index (κ3) is 6.15. The van der Waals surface area contributed by atoms with Crippen molar-refractivity contribution >= 4 is 23.3 Å². The molecule has 0 atom stereocenters. The molecule has 1 heterocycles. The maximum Gasteiger partial charge on any atom is 0.219 e. The Balaban J connectivity index is 1.37. The largest absolute Gasteiger partial charge is 0.338 e. The van der Waals surface area contributed by atoms with Crippen LogP contribution in [-0.2, 0) is 24.2 Å². The molecule has 0 bridgehead atoms. The Labute approximate surface area is 178 Å². The highest BCUT2D eigenvalue weighted by molar-refractivity contribution is 6.31. The number of fused-ring (bicyclic) bond motifs is 1. The lowest BCUT2D eigenvalue weighted by atomic mass is 9.95. The number of halogens is 1. The Morgan fingerprint density at radius 2 is 1.90 bits per heavy atom. The fraction of sp³-hybridized carbons (Fsp3) is 0.417. The normalized spacial score (nSPS) is 13.2. The molecule has 2 aromatic rings. The van der Waals surface area contributed by atoms with E-state index in [1.807, 2.05) is 35.2 Å². The Morgan fingerprint density at radius 3 is 2.69 bits per heavy atom. The predicted molar refractivity (Wildman–Crippen MR) is 117 cm³/mol. The Hall–Kier alpha value is -2.17. The van der Waals surface area contributed by atoms with Gasteiger partial charge in [-0.2, -0.15) is 0 Å². The first-order valence-corrected chi connectivity index (χ1v) is 10.8. The van der Waals surface area contributed by atoms with Crippen LogP contribution in [0.1, 0.15) is 53.2 Å². The van der Waals surface area contributed by atoms with Crippen molar-refractivity contribution in [3.63, 3.8) is 0 Å². The van der Waals surface area contributed by atoms with Gasteiger partial charge in [-0.3, -0.25) is 9.59 Å². The molecule has 1 aliphatic rings. The van der Waals surface area contributed by atoms with E-state index in [2.05, 4.69) is 17.4 Å². The van der Waals surface area contributed by atoms with Gasteiger partial charge in [0.2, 0.25) is 5.91 Å². The maximum absolute atomic E-state index is 12.5. The molecule has 0 aromatic heterocycles. The summed E-state index contributed by atoms with van der Waals surface area (Å²) in [5.74, 6) is 0.276. The molecule has 154 valence electrons. The standard InChI is InChI=1S/C24H29ClN2O2/c1-18(28)27-15-12-19-9-10-21(16-22(19)17-27)24(29)8-4-5-13-26-14-11-20-6-2-3-7-23(20)25/h2-3,6-7,9-10,16,26H,4-5,8,11-15,17H2,1H3. The van der Waals surface area contributed by atoms with Crippen LogP contribution in [-0.4, -0.2) is 36.2 Å². The molecule has 5 heteroatoms. The van der Waals surface area contributed by atoms with Gasteiger partial charge in [0.25, 0.3) is 0 Å². The van der Waals surface area contributed by atoms with Crippen molar-refractivity contribution in [2.45, 2.75) is 45.6 Å². The van der Waals surface area contributed by atoms with Gasteiger partial charge < -0.3 is 10.2 Å². The summed E-state index contributed by atoms with van der Waals surface area (Å²) in [4.78, 5) is 26.0. The molecule has 0 spiro atoms. The zero-order valence-corrected chi connectivity index (χ0v) is 17.8. The van der Waals surface area contributed by atoms with Crippen LogP contribution in [0.4, 0.5) is 0 Å². The van der Waals surface area contributed by atoms with E-state index in [1.54, 1.807) is 6.92 Å². The molecule has 1 aliphatic heterocycles. The molecular weight excluding hydrogens is 384 g/mol. The number of benzene rings is 2. The molecule has 0 radical (unpaired) electrons. The Morgan fingerprint density at radius 1 is 1.07 bits per heavy atom. The SMILES string of the molecule is CC(=O)N1CCc2ccc(C(=O)CCCCNCCc3ccccc3Cl)cc2C1. The van der Waals surface area contributed by atoms with Crippen LogP contribution in [0.5, 0.6) is 0 Å². The van der Waals surface area contributed by atoms with Crippen molar-refractivity contribution in [1.29, 1.82) is 0 Å². The van der Waals surface area contributed by atoms with Crippen LogP contribution in [0, 0.1) is 0 Å². The van der Waals surface area contributed by atoms with E-state index < -0.39 is 0 Å². The van der Waals surface area contributed by atoms with E-state index >= 15 is 0 Å². The van der Waals surface area contributed by atoms with Crippen LogP contribution >= 0.6 is 11.6 Å². The van der Waals surface area contributed by atoms with E-state index in [4.69, 9.17) is 11.6 Å². The Bertz CT molecular complexity index is 866. The highest BCUT2D eigenvalue weighted by atomic mass is 35.5. The molecule has 0 saturated carbocycles. The van der Waals surface area contributed by atoms with Gasteiger partial charge in [-0.05, 0) is 67.6 Å². The quantitative estimate of drug-likeness (QED) is 0.489. The second-order valence-electron chi connectivity index (χ2n) is 7.65. The van der Waals surface area contributed by atoms with Gasteiger partial charge in [-0.15, -0.1) is 0 Å². The summed E-state index contributed by atoms with van der Waals surface area (Å²) in [5.41, 5.74) is 4.29. The van der Waals surface area contributed by atoms with Gasteiger partial charge in [-0.1, -0.05) is 41.9 Å². The average Bonchev–Trinajstić information content (AvgIpc) is 2.73. The lowest BCUT2D eigenvalue weighted by Crippen LogP contribution is -2.34. The number of hydrogen-bond donors (Lipinski definition) is 1. The second kappa shape index (κ2) is 10.6. The van der Waals surface area contributed by atoms with Crippen molar-refractivity contribution in [2.75, 3.05) is 19.6 Å². The van der Waals surface area contributed by atoms with Crippen LogP contribution < -0.4 is 5.32 Å². The van der Waals surface area contributed by atoms with Crippen molar-refractivity contribution in [3.8, 4) is 0 Å². The zero-order chi connectivity index (χ0) is 20.6. The number of amides is 1. The molecule has 2 aromatic carbocycles. The predicted octanol–water partition coefficient (Wildman–Crippen LogP) is 4.43.